The molecule has 0 saturated heterocycles. The van der Waals surface area contributed by atoms with E-state index in [-0.39, 0.29) is 12.8 Å². The minimum Gasteiger partial charge on any atom is -0.372 e. The van der Waals surface area contributed by atoms with Crippen molar-refractivity contribution in [2.75, 3.05) is 0 Å². The lowest BCUT2D eigenvalue weighted by atomic mass is 10.0. The maximum absolute atomic E-state index is 11.6. The highest BCUT2D eigenvalue weighted by Crippen LogP contribution is 2.24. The van der Waals surface area contributed by atoms with Gasteiger partial charge in [0.15, 0.2) is 4.93 Å². The van der Waals surface area contributed by atoms with Crippen LogP contribution < -0.4 is 0 Å². The van der Waals surface area contributed by atoms with Gasteiger partial charge in [0.05, 0.1) is 0 Å². The zero-order valence-corrected chi connectivity index (χ0v) is 11.6. The standard InChI is InChI=1S/C15H16O4S/c16-15(20(17,18)19,11-13-7-3-1-4-8-13)12-14-9-5-2-6-10-14/h1-10,16H,11-12H2,(H,17,18,19). The molecule has 0 saturated carbocycles. The Hall–Kier alpha value is -1.69. The number of aliphatic hydroxyl groups is 1. The van der Waals surface area contributed by atoms with E-state index in [1.165, 1.54) is 0 Å². The Kier molecular flexibility index (Phi) is 4.23. The summed E-state index contributed by atoms with van der Waals surface area (Å²) in [7, 11) is -4.61. The first-order chi connectivity index (χ1) is 9.41. The Morgan fingerprint density at radius 3 is 1.45 bits per heavy atom. The van der Waals surface area contributed by atoms with Crippen LogP contribution >= 0.6 is 0 Å². The third-order valence-corrected chi connectivity index (χ3v) is 4.38. The molecule has 4 nitrogen and oxygen atoms in total. The maximum atomic E-state index is 11.6. The molecule has 0 radical (unpaired) electrons. The molecule has 0 aliphatic heterocycles. The van der Waals surface area contributed by atoms with E-state index >= 15 is 0 Å². The van der Waals surface area contributed by atoms with Gasteiger partial charge in [-0.05, 0) is 11.1 Å². The average molecular weight is 292 g/mol. The van der Waals surface area contributed by atoms with Crippen LogP contribution in [0, 0.1) is 0 Å². The smallest absolute Gasteiger partial charge is 0.295 e. The molecule has 0 spiro atoms. The zero-order chi connectivity index (χ0) is 14.6. The second-order valence-electron chi connectivity index (χ2n) is 4.75. The van der Waals surface area contributed by atoms with Crippen molar-refractivity contribution < 1.29 is 18.1 Å². The highest BCUT2D eigenvalue weighted by atomic mass is 32.2. The average Bonchev–Trinajstić information content (AvgIpc) is 2.39. The molecule has 2 N–H and O–H groups in total. The summed E-state index contributed by atoms with van der Waals surface area (Å²) >= 11 is 0. The minimum absolute atomic E-state index is 0.165. The van der Waals surface area contributed by atoms with E-state index in [0.717, 1.165) is 0 Å². The summed E-state index contributed by atoms with van der Waals surface area (Å²) < 4.78 is 32.5. The van der Waals surface area contributed by atoms with Crippen molar-refractivity contribution in [2.24, 2.45) is 0 Å². The van der Waals surface area contributed by atoms with Crippen LogP contribution in [-0.2, 0) is 23.0 Å². The first-order valence-electron chi connectivity index (χ1n) is 6.18. The molecule has 0 heterocycles. The van der Waals surface area contributed by atoms with Crippen molar-refractivity contribution in [2.45, 2.75) is 17.8 Å². The fourth-order valence-electron chi connectivity index (χ4n) is 2.07. The second-order valence-corrected chi connectivity index (χ2v) is 6.46. The molecule has 0 unspecified atom stereocenters. The lowest BCUT2D eigenvalue weighted by molar-refractivity contribution is 0.113. The first-order valence-corrected chi connectivity index (χ1v) is 7.62. The maximum Gasteiger partial charge on any atom is 0.295 e. The van der Waals surface area contributed by atoms with Gasteiger partial charge in [0.1, 0.15) is 0 Å². The van der Waals surface area contributed by atoms with E-state index in [2.05, 4.69) is 0 Å². The van der Waals surface area contributed by atoms with Crippen molar-refractivity contribution in [3.63, 3.8) is 0 Å². The number of hydrogen-bond donors (Lipinski definition) is 2. The van der Waals surface area contributed by atoms with Crippen LogP contribution in [0.25, 0.3) is 0 Å². The molecule has 0 bridgehead atoms. The Bertz CT molecular complexity index is 609. The molecule has 0 fully saturated rings. The molecule has 0 aliphatic rings. The SMILES string of the molecule is O=S(=O)(O)C(O)(Cc1ccccc1)Cc1ccccc1. The molecule has 2 aromatic carbocycles. The quantitative estimate of drug-likeness (QED) is 0.827. The van der Waals surface area contributed by atoms with Crippen LogP contribution in [0.4, 0.5) is 0 Å². The highest BCUT2D eigenvalue weighted by Gasteiger charge is 2.40. The van der Waals surface area contributed by atoms with E-state index in [0.29, 0.717) is 11.1 Å². The van der Waals surface area contributed by atoms with Crippen molar-refractivity contribution in [1.82, 2.24) is 0 Å². The molecule has 2 aromatic rings. The van der Waals surface area contributed by atoms with Gasteiger partial charge in [-0.3, -0.25) is 4.55 Å². The van der Waals surface area contributed by atoms with Crippen LogP contribution in [0.15, 0.2) is 60.7 Å². The van der Waals surface area contributed by atoms with Gasteiger partial charge in [0.25, 0.3) is 10.1 Å². The van der Waals surface area contributed by atoms with Crippen LogP contribution in [0.5, 0.6) is 0 Å². The van der Waals surface area contributed by atoms with Gasteiger partial charge >= 0.3 is 0 Å². The van der Waals surface area contributed by atoms with Gasteiger partial charge in [0.2, 0.25) is 0 Å². The summed E-state index contributed by atoms with van der Waals surface area (Å²) in [6.45, 7) is 0. The van der Waals surface area contributed by atoms with Crippen LogP contribution in [0.2, 0.25) is 0 Å². The zero-order valence-electron chi connectivity index (χ0n) is 10.8. The predicted octanol–water partition coefficient (Wildman–Crippen LogP) is 2.05. The summed E-state index contributed by atoms with van der Waals surface area (Å²) in [6, 6.07) is 17.4. The Morgan fingerprint density at radius 1 is 0.800 bits per heavy atom. The van der Waals surface area contributed by atoms with Crippen molar-refractivity contribution in [1.29, 1.82) is 0 Å². The third-order valence-electron chi connectivity index (χ3n) is 3.13. The van der Waals surface area contributed by atoms with Gasteiger partial charge in [0, 0.05) is 12.8 Å². The van der Waals surface area contributed by atoms with Crippen molar-refractivity contribution >= 4 is 10.1 Å². The van der Waals surface area contributed by atoms with Crippen LogP contribution in [-0.4, -0.2) is 23.0 Å². The van der Waals surface area contributed by atoms with Crippen molar-refractivity contribution in [3.05, 3.63) is 71.8 Å². The van der Waals surface area contributed by atoms with Crippen molar-refractivity contribution in [3.8, 4) is 0 Å². The fourth-order valence-corrected chi connectivity index (χ4v) is 2.77. The van der Waals surface area contributed by atoms with E-state index in [4.69, 9.17) is 0 Å². The Labute approximate surface area is 118 Å². The fraction of sp³-hybridized carbons (Fsp3) is 0.200. The molecule has 2 rings (SSSR count). The van der Waals surface area contributed by atoms with Gasteiger partial charge in [-0.2, -0.15) is 8.42 Å². The molecule has 0 aliphatic carbocycles. The van der Waals surface area contributed by atoms with E-state index in [1.807, 2.05) is 0 Å². The number of hydrogen-bond acceptors (Lipinski definition) is 3. The lowest BCUT2D eigenvalue weighted by Crippen LogP contribution is -2.42. The molecule has 0 aromatic heterocycles. The predicted molar refractivity (Wildman–Crippen MR) is 76.8 cm³/mol. The van der Waals surface area contributed by atoms with E-state index < -0.39 is 15.1 Å². The molecule has 0 amide bonds. The van der Waals surface area contributed by atoms with Crippen LogP contribution in [0.3, 0.4) is 0 Å². The van der Waals surface area contributed by atoms with Gasteiger partial charge < -0.3 is 5.11 Å². The lowest BCUT2D eigenvalue weighted by Gasteiger charge is -2.25. The highest BCUT2D eigenvalue weighted by molar-refractivity contribution is 7.87. The molecule has 106 valence electrons. The summed E-state index contributed by atoms with van der Waals surface area (Å²) in [5, 5.41) is 10.4. The minimum atomic E-state index is -4.61. The molecular weight excluding hydrogens is 276 g/mol. The summed E-state index contributed by atoms with van der Waals surface area (Å²) in [5.41, 5.74) is 1.28. The van der Waals surface area contributed by atoms with Gasteiger partial charge in [-0.1, -0.05) is 60.7 Å². The van der Waals surface area contributed by atoms with Crippen LogP contribution in [0.1, 0.15) is 11.1 Å². The summed E-state index contributed by atoms with van der Waals surface area (Å²) in [4.78, 5) is -2.23. The monoisotopic (exact) mass is 292 g/mol. The second kappa shape index (κ2) is 5.75. The van der Waals surface area contributed by atoms with E-state index in [1.54, 1.807) is 60.7 Å². The Morgan fingerprint density at radius 2 is 1.15 bits per heavy atom. The molecule has 5 heteroatoms. The largest absolute Gasteiger partial charge is 0.372 e. The van der Waals surface area contributed by atoms with Gasteiger partial charge in [-0.25, -0.2) is 0 Å². The number of rotatable bonds is 5. The number of benzene rings is 2. The van der Waals surface area contributed by atoms with Gasteiger partial charge in [-0.15, -0.1) is 0 Å². The Balaban J connectivity index is 2.32. The molecule has 20 heavy (non-hydrogen) atoms. The van der Waals surface area contributed by atoms with E-state index in [9.17, 15) is 18.1 Å². The summed E-state index contributed by atoms with van der Waals surface area (Å²) in [6.07, 6.45) is -0.330. The topological polar surface area (TPSA) is 74.6 Å². The molecular formula is C15H16O4S. The molecule has 0 atom stereocenters. The first kappa shape index (κ1) is 14.7. The normalized spacial score (nSPS) is 12.3. The third kappa shape index (κ3) is 3.45. The summed E-state index contributed by atoms with van der Waals surface area (Å²) in [5.74, 6) is 0.